The summed E-state index contributed by atoms with van der Waals surface area (Å²) in [5.41, 5.74) is 2.63. The van der Waals surface area contributed by atoms with Gasteiger partial charge in [0, 0.05) is 6.20 Å². The fourth-order valence-electron chi connectivity index (χ4n) is 2.36. The van der Waals surface area contributed by atoms with E-state index < -0.39 is 0 Å². The number of allylic oxidation sites excluding steroid dienone is 2. The van der Waals surface area contributed by atoms with Crippen molar-refractivity contribution in [1.29, 1.82) is 0 Å². The maximum absolute atomic E-state index is 6.29. The summed E-state index contributed by atoms with van der Waals surface area (Å²) in [5.74, 6) is 0.790. The molecule has 0 saturated heterocycles. The molecule has 1 aromatic rings. The van der Waals surface area contributed by atoms with Gasteiger partial charge in [-0.25, -0.2) is 0 Å². The van der Waals surface area contributed by atoms with Gasteiger partial charge in [-0.1, -0.05) is 19.9 Å². The third-order valence-electron chi connectivity index (χ3n) is 3.12. The van der Waals surface area contributed by atoms with E-state index in [2.05, 4.69) is 24.9 Å². The van der Waals surface area contributed by atoms with E-state index in [0.717, 1.165) is 24.2 Å². The third kappa shape index (κ3) is 3.01. The molecule has 0 radical (unpaired) electrons. The van der Waals surface area contributed by atoms with Crippen LogP contribution in [-0.4, -0.2) is 17.5 Å². The zero-order valence-electron chi connectivity index (χ0n) is 10.5. The maximum atomic E-state index is 6.29. The molecule has 0 aliphatic heterocycles. The van der Waals surface area contributed by atoms with Crippen LogP contribution in [0.1, 0.15) is 32.3 Å². The highest BCUT2D eigenvalue weighted by Gasteiger charge is 2.28. The summed E-state index contributed by atoms with van der Waals surface area (Å²) >= 11 is 6.29. The standard InChI is InChI=1S/C14H18ClNO/c1-14(2)6-10(4-12(15)7-14)11-5-13(17-3)9-16-8-11/h4-5,8-9,12H,6-7H2,1-3H3. The smallest absolute Gasteiger partial charge is 0.137 e. The molecule has 0 amide bonds. The molecule has 0 bridgehead atoms. The number of halogens is 1. The van der Waals surface area contributed by atoms with E-state index in [4.69, 9.17) is 16.3 Å². The highest BCUT2D eigenvalue weighted by molar-refractivity contribution is 6.22. The first kappa shape index (κ1) is 12.4. The number of nitrogens with zero attached hydrogens (tertiary/aromatic N) is 1. The number of rotatable bonds is 2. The minimum atomic E-state index is 0.111. The lowest BCUT2D eigenvalue weighted by molar-refractivity contribution is 0.340. The zero-order valence-corrected chi connectivity index (χ0v) is 11.3. The number of aromatic nitrogens is 1. The predicted octanol–water partition coefficient (Wildman–Crippen LogP) is 3.90. The van der Waals surface area contributed by atoms with Gasteiger partial charge in [0.15, 0.2) is 0 Å². The Balaban J connectivity index is 2.32. The van der Waals surface area contributed by atoms with Crippen molar-refractivity contribution in [3.05, 3.63) is 30.1 Å². The second-order valence-electron chi connectivity index (χ2n) is 5.37. The van der Waals surface area contributed by atoms with Gasteiger partial charge in [0.2, 0.25) is 0 Å². The van der Waals surface area contributed by atoms with Gasteiger partial charge in [-0.3, -0.25) is 4.98 Å². The maximum Gasteiger partial charge on any atom is 0.137 e. The van der Waals surface area contributed by atoms with Crippen LogP contribution >= 0.6 is 11.6 Å². The molecule has 3 heteroatoms. The molecule has 0 N–H and O–H groups in total. The molecule has 17 heavy (non-hydrogen) atoms. The summed E-state index contributed by atoms with van der Waals surface area (Å²) in [4.78, 5) is 4.19. The zero-order chi connectivity index (χ0) is 12.5. The van der Waals surface area contributed by atoms with Gasteiger partial charge in [-0.2, -0.15) is 0 Å². The number of ether oxygens (including phenoxy) is 1. The van der Waals surface area contributed by atoms with Crippen molar-refractivity contribution in [2.45, 2.75) is 32.1 Å². The lowest BCUT2D eigenvalue weighted by Gasteiger charge is -2.32. The first-order valence-electron chi connectivity index (χ1n) is 5.84. The first-order valence-corrected chi connectivity index (χ1v) is 6.28. The fraction of sp³-hybridized carbons (Fsp3) is 0.500. The highest BCUT2D eigenvalue weighted by atomic mass is 35.5. The molecular weight excluding hydrogens is 234 g/mol. The lowest BCUT2D eigenvalue weighted by Crippen LogP contribution is -2.21. The number of pyridine rings is 1. The largest absolute Gasteiger partial charge is 0.495 e. The molecule has 2 rings (SSSR count). The van der Waals surface area contributed by atoms with E-state index in [1.807, 2.05) is 12.3 Å². The Morgan fingerprint density at radius 1 is 1.41 bits per heavy atom. The van der Waals surface area contributed by atoms with Gasteiger partial charge in [-0.15, -0.1) is 11.6 Å². The Bertz CT molecular complexity index is 440. The lowest BCUT2D eigenvalue weighted by atomic mass is 9.75. The average molecular weight is 252 g/mol. The highest BCUT2D eigenvalue weighted by Crippen LogP contribution is 2.41. The fourth-order valence-corrected chi connectivity index (χ4v) is 2.93. The van der Waals surface area contributed by atoms with Crippen LogP contribution in [0.3, 0.4) is 0 Å². The van der Waals surface area contributed by atoms with Crippen molar-refractivity contribution in [3.8, 4) is 5.75 Å². The van der Waals surface area contributed by atoms with E-state index in [0.29, 0.717) is 0 Å². The molecular formula is C14H18ClNO. The van der Waals surface area contributed by atoms with Gasteiger partial charge in [0.25, 0.3) is 0 Å². The Hall–Kier alpha value is -1.02. The van der Waals surface area contributed by atoms with Crippen molar-refractivity contribution in [2.75, 3.05) is 7.11 Å². The molecule has 1 atom stereocenters. The predicted molar refractivity (Wildman–Crippen MR) is 71.4 cm³/mol. The molecule has 92 valence electrons. The third-order valence-corrected chi connectivity index (χ3v) is 3.40. The van der Waals surface area contributed by atoms with E-state index in [1.165, 1.54) is 5.57 Å². The van der Waals surface area contributed by atoms with Crippen molar-refractivity contribution in [1.82, 2.24) is 4.98 Å². The van der Waals surface area contributed by atoms with Crippen LogP contribution < -0.4 is 4.74 Å². The van der Waals surface area contributed by atoms with Crippen LogP contribution in [0.25, 0.3) is 5.57 Å². The number of hydrogen-bond acceptors (Lipinski definition) is 2. The van der Waals surface area contributed by atoms with E-state index >= 15 is 0 Å². The quantitative estimate of drug-likeness (QED) is 0.744. The topological polar surface area (TPSA) is 22.1 Å². The molecule has 2 nitrogen and oxygen atoms in total. The summed E-state index contributed by atoms with van der Waals surface area (Å²) in [6.07, 6.45) is 7.79. The van der Waals surface area contributed by atoms with Gasteiger partial charge >= 0.3 is 0 Å². The van der Waals surface area contributed by atoms with Gasteiger partial charge in [-0.05, 0) is 35.5 Å². The minimum absolute atomic E-state index is 0.111. The summed E-state index contributed by atoms with van der Waals surface area (Å²) in [6.45, 7) is 4.51. The summed E-state index contributed by atoms with van der Waals surface area (Å²) in [5, 5.41) is 0.111. The normalized spacial score (nSPS) is 23.1. The summed E-state index contributed by atoms with van der Waals surface area (Å²) in [7, 11) is 1.66. The van der Waals surface area contributed by atoms with Crippen molar-refractivity contribution in [2.24, 2.45) is 5.41 Å². The molecule has 1 aliphatic rings. The Labute approximate surface area is 108 Å². The second kappa shape index (κ2) is 4.69. The monoisotopic (exact) mass is 251 g/mol. The SMILES string of the molecule is COc1cncc(C2=CC(Cl)CC(C)(C)C2)c1. The average Bonchev–Trinajstić information content (AvgIpc) is 2.26. The Kier molecular flexibility index (Phi) is 3.43. The Morgan fingerprint density at radius 2 is 2.18 bits per heavy atom. The van der Waals surface area contributed by atoms with Crippen molar-refractivity contribution in [3.63, 3.8) is 0 Å². The molecule has 0 saturated carbocycles. The van der Waals surface area contributed by atoms with Crippen LogP contribution in [0.2, 0.25) is 0 Å². The van der Waals surface area contributed by atoms with Crippen molar-refractivity contribution >= 4 is 17.2 Å². The molecule has 0 fully saturated rings. The van der Waals surface area contributed by atoms with Crippen molar-refractivity contribution < 1.29 is 4.74 Å². The van der Waals surface area contributed by atoms with Crippen LogP contribution in [-0.2, 0) is 0 Å². The molecule has 1 heterocycles. The molecule has 1 aliphatic carbocycles. The Morgan fingerprint density at radius 3 is 2.82 bits per heavy atom. The van der Waals surface area contributed by atoms with Gasteiger partial charge in [0.05, 0.1) is 18.7 Å². The number of hydrogen-bond donors (Lipinski definition) is 0. The van der Waals surface area contributed by atoms with E-state index in [-0.39, 0.29) is 10.8 Å². The number of methoxy groups -OCH3 is 1. The minimum Gasteiger partial charge on any atom is -0.495 e. The molecule has 1 aromatic heterocycles. The van der Waals surface area contributed by atoms with Gasteiger partial charge in [0.1, 0.15) is 5.75 Å². The number of alkyl halides is 1. The van der Waals surface area contributed by atoms with E-state index in [9.17, 15) is 0 Å². The van der Waals surface area contributed by atoms with Crippen LogP contribution in [0.4, 0.5) is 0 Å². The van der Waals surface area contributed by atoms with Crippen LogP contribution in [0.15, 0.2) is 24.5 Å². The second-order valence-corrected chi connectivity index (χ2v) is 5.93. The first-order chi connectivity index (χ1) is 8.00. The van der Waals surface area contributed by atoms with Crippen LogP contribution in [0.5, 0.6) is 5.75 Å². The molecule has 1 unspecified atom stereocenters. The van der Waals surface area contributed by atoms with Gasteiger partial charge < -0.3 is 4.74 Å². The van der Waals surface area contributed by atoms with Crippen LogP contribution in [0, 0.1) is 5.41 Å². The summed E-state index contributed by atoms with van der Waals surface area (Å²) < 4.78 is 5.20. The summed E-state index contributed by atoms with van der Waals surface area (Å²) in [6, 6.07) is 2.02. The van der Waals surface area contributed by atoms with E-state index in [1.54, 1.807) is 13.3 Å². The molecule has 0 spiro atoms. The molecule has 0 aromatic carbocycles.